The van der Waals surface area contributed by atoms with Crippen LogP contribution in [0.25, 0.3) is 0 Å². The number of nitrogens with zero attached hydrogens (tertiary/aromatic N) is 3. The molecule has 0 unspecified atom stereocenters. The molecule has 2 rings (SSSR count). The van der Waals surface area contributed by atoms with Crippen molar-refractivity contribution in [2.24, 2.45) is 7.05 Å². The van der Waals surface area contributed by atoms with E-state index in [-0.39, 0.29) is 18.0 Å². The summed E-state index contributed by atoms with van der Waals surface area (Å²) in [5.41, 5.74) is -1.51. The normalized spacial score (nSPS) is 17.9. The topological polar surface area (TPSA) is 67.2 Å². The lowest BCUT2D eigenvalue weighted by molar-refractivity contribution is -0.119. The monoisotopic (exact) mass is 282 g/mol. The minimum absolute atomic E-state index is 0.0418. The van der Waals surface area contributed by atoms with E-state index in [4.69, 9.17) is 0 Å². The Labute approximate surface area is 116 Å². The van der Waals surface area contributed by atoms with Crippen molar-refractivity contribution in [1.29, 1.82) is 0 Å². The van der Waals surface area contributed by atoms with E-state index in [9.17, 15) is 14.0 Å². The summed E-state index contributed by atoms with van der Waals surface area (Å²) in [7, 11) is 1.63. The van der Waals surface area contributed by atoms with E-state index in [2.05, 4.69) is 10.3 Å². The minimum Gasteiger partial charge on any atom is -0.356 e. The Morgan fingerprint density at radius 2 is 2.15 bits per heavy atom. The summed E-state index contributed by atoms with van der Waals surface area (Å²) >= 11 is 0. The van der Waals surface area contributed by atoms with E-state index in [0.29, 0.717) is 31.7 Å². The smallest absolute Gasteiger partial charge is 0.255 e. The molecule has 1 N–H and O–H groups in total. The Morgan fingerprint density at radius 3 is 2.70 bits per heavy atom. The second kappa shape index (κ2) is 5.60. The first-order valence-corrected chi connectivity index (χ1v) is 6.61. The van der Waals surface area contributed by atoms with Gasteiger partial charge in [-0.3, -0.25) is 9.59 Å². The molecule has 1 aliphatic heterocycles. The van der Waals surface area contributed by atoms with Gasteiger partial charge in [-0.25, -0.2) is 9.37 Å². The average Bonchev–Trinajstić information content (AvgIpc) is 2.41. The second-order valence-corrected chi connectivity index (χ2v) is 5.24. The van der Waals surface area contributed by atoms with Crippen LogP contribution in [0, 0.1) is 0 Å². The SMILES string of the molecule is CC(=O)NCC1(F)CCN(c2cc(=O)n(C)cn2)CC1. The first-order chi connectivity index (χ1) is 9.39. The number of alkyl halides is 1. The predicted octanol–water partition coefficient (Wildman–Crippen LogP) is 0.225. The Bertz CT molecular complexity index is 550. The molecule has 0 radical (unpaired) electrons. The van der Waals surface area contributed by atoms with Gasteiger partial charge in [-0.1, -0.05) is 0 Å². The number of piperidine rings is 1. The summed E-state index contributed by atoms with van der Waals surface area (Å²) in [6, 6.07) is 1.46. The van der Waals surface area contributed by atoms with Crippen molar-refractivity contribution in [3.8, 4) is 0 Å². The standard InChI is InChI=1S/C13H19FN4O2/c1-10(19)15-8-13(14)3-5-18(6-4-13)11-7-12(20)17(2)9-16-11/h7,9H,3-6,8H2,1-2H3,(H,15,19). The molecule has 20 heavy (non-hydrogen) atoms. The third-order valence-corrected chi connectivity index (χ3v) is 3.60. The fraction of sp³-hybridized carbons (Fsp3) is 0.615. The number of hydrogen-bond acceptors (Lipinski definition) is 4. The fourth-order valence-corrected chi connectivity index (χ4v) is 2.22. The number of aryl methyl sites for hydroxylation is 1. The molecule has 1 aromatic heterocycles. The lowest BCUT2D eigenvalue weighted by Crippen LogP contribution is -2.48. The Kier molecular flexibility index (Phi) is 4.06. The van der Waals surface area contributed by atoms with Gasteiger partial charge >= 0.3 is 0 Å². The molecule has 6 nitrogen and oxygen atoms in total. The molecule has 1 aromatic rings. The lowest BCUT2D eigenvalue weighted by atomic mass is 9.93. The molecular formula is C13H19FN4O2. The molecule has 0 saturated carbocycles. The number of amides is 1. The first kappa shape index (κ1) is 14.5. The largest absolute Gasteiger partial charge is 0.356 e. The minimum atomic E-state index is -1.37. The van der Waals surface area contributed by atoms with Crippen LogP contribution in [0.15, 0.2) is 17.2 Å². The zero-order valence-electron chi connectivity index (χ0n) is 11.7. The first-order valence-electron chi connectivity index (χ1n) is 6.61. The summed E-state index contributed by atoms with van der Waals surface area (Å²) in [5, 5.41) is 2.53. The van der Waals surface area contributed by atoms with Gasteiger partial charge in [-0.15, -0.1) is 0 Å². The van der Waals surface area contributed by atoms with Gasteiger partial charge in [0.1, 0.15) is 11.5 Å². The highest BCUT2D eigenvalue weighted by molar-refractivity contribution is 5.72. The Morgan fingerprint density at radius 1 is 1.50 bits per heavy atom. The molecule has 110 valence electrons. The summed E-state index contributed by atoms with van der Waals surface area (Å²) in [5.74, 6) is 0.354. The zero-order chi connectivity index (χ0) is 14.8. The quantitative estimate of drug-likeness (QED) is 0.861. The maximum Gasteiger partial charge on any atom is 0.255 e. The Balaban J connectivity index is 1.98. The van der Waals surface area contributed by atoms with Crippen LogP contribution in [0.2, 0.25) is 0 Å². The van der Waals surface area contributed by atoms with Crippen molar-refractivity contribution in [3.05, 3.63) is 22.7 Å². The predicted molar refractivity (Wildman–Crippen MR) is 73.4 cm³/mol. The van der Waals surface area contributed by atoms with Crippen molar-refractivity contribution in [1.82, 2.24) is 14.9 Å². The van der Waals surface area contributed by atoms with Crippen molar-refractivity contribution >= 4 is 11.7 Å². The maximum absolute atomic E-state index is 14.4. The van der Waals surface area contributed by atoms with Crippen molar-refractivity contribution in [2.45, 2.75) is 25.4 Å². The number of hydrogen-bond donors (Lipinski definition) is 1. The van der Waals surface area contributed by atoms with Gasteiger partial charge in [0, 0.05) is 46.0 Å². The second-order valence-electron chi connectivity index (χ2n) is 5.24. The van der Waals surface area contributed by atoms with Gasteiger partial charge in [0.05, 0.1) is 12.9 Å². The molecule has 0 aromatic carbocycles. The highest BCUT2D eigenvalue weighted by Crippen LogP contribution is 2.27. The highest BCUT2D eigenvalue weighted by Gasteiger charge is 2.35. The average molecular weight is 282 g/mol. The number of carbonyl (C=O) groups excluding carboxylic acids is 1. The Hall–Kier alpha value is -1.92. The molecule has 0 aliphatic carbocycles. The molecule has 0 atom stereocenters. The van der Waals surface area contributed by atoms with Gasteiger partial charge in [-0.05, 0) is 0 Å². The van der Waals surface area contributed by atoms with Gasteiger partial charge in [0.15, 0.2) is 0 Å². The van der Waals surface area contributed by atoms with Crippen LogP contribution in [0.5, 0.6) is 0 Å². The lowest BCUT2D eigenvalue weighted by Gasteiger charge is -2.36. The van der Waals surface area contributed by atoms with E-state index < -0.39 is 5.67 Å². The summed E-state index contributed by atoms with van der Waals surface area (Å²) in [6.07, 6.45) is 2.08. The molecule has 7 heteroatoms. The van der Waals surface area contributed by atoms with E-state index in [1.54, 1.807) is 7.05 Å². The molecular weight excluding hydrogens is 263 g/mol. The van der Waals surface area contributed by atoms with Gasteiger partial charge in [0.2, 0.25) is 5.91 Å². The van der Waals surface area contributed by atoms with Gasteiger partial charge in [-0.2, -0.15) is 0 Å². The number of anilines is 1. The number of carbonyl (C=O) groups is 1. The third-order valence-electron chi connectivity index (χ3n) is 3.60. The van der Waals surface area contributed by atoms with Crippen LogP contribution in [0.1, 0.15) is 19.8 Å². The van der Waals surface area contributed by atoms with Crippen LogP contribution in [-0.2, 0) is 11.8 Å². The molecule has 0 spiro atoms. The van der Waals surface area contributed by atoms with Crippen molar-refractivity contribution in [3.63, 3.8) is 0 Å². The molecule has 2 heterocycles. The van der Waals surface area contributed by atoms with Crippen molar-refractivity contribution in [2.75, 3.05) is 24.5 Å². The van der Waals surface area contributed by atoms with Crippen molar-refractivity contribution < 1.29 is 9.18 Å². The van der Waals surface area contributed by atoms with Crippen LogP contribution in [0.3, 0.4) is 0 Å². The molecule has 0 bridgehead atoms. The highest BCUT2D eigenvalue weighted by atomic mass is 19.1. The van der Waals surface area contributed by atoms with Crippen LogP contribution in [0.4, 0.5) is 10.2 Å². The van der Waals surface area contributed by atoms with E-state index >= 15 is 0 Å². The van der Waals surface area contributed by atoms with Crippen LogP contribution >= 0.6 is 0 Å². The molecule has 1 amide bonds. The number of nitrogens with one attached hydrogen (secondary N) is 1. The summed E-state index contributed by atoms with van der Waals surface area (Å²) in [4.78, 5) is 28.5. The molecule has 1 aliphatic rings. The summed E-state index contributed by atoms with van der Waals surface area (Å²) < 4.78 is 15.8. The van der Waals surface area contributed by atoms with E-state index in [0.717, 1.165) is 0 Å². The van der Waals surface area contributed by atoms with Gasteiger partial charge < -0.3 is 14.8 Å². The molecule has 1 saturated heterocycles. The number of halogens is 1. The molecule has 1 fully saturated rings. The van der Waals surface area contributed by atoms with Crippen LogP contribution in [-0.4, -0.2) is 40.8 Å². The van der Waals surface area contributed by atoms with E-state index in [1.807, 2.05) is 4.90 Å². The van der Waals surface area contributed by atoms with Crippen LogP contribution < -0.4 is 15.8 Å². The van der Waals surface area contributed by atoms with E-state index in [1.165, 1.54) is 23.9 Å². The third kappa shape index (κ3) is 3.34. The fourth-order valence-electron chi connectivity index (χ4n) is 2.22. The number of rotatable bonds is 3. The van der Waals surface area contributed by atoms with Gasteiger partial charge in [0.25, 0.3) is 5.56 Å². The number of aromatic nitrogens is 2. The zero-order valence-corrected chi connectivity index (χ0v) is 11.7. The summed E-state index contributed by atoms with van der Waals surface area (Å²) in [6.45, 7) is 2.38. The maximum atomic E-state index is 14.4.